The van der Waals surface area contributed by atoms with Crippen LogP contribution < -0.4 is 5.32 Å². The third kappa shape index (κ3) is 6.07. The van der Waals surface area contributed by atoms with Crippen LogP contribution in [0.3, 0.4) is 0 Å². The lowest BCUT2D eigenvalue weighted by Gasteiger charge is -2.26. The number of carbonyl (C=O) groups is 2. The van der Waals surface area contributed by atoms with Crippen molar-refractivity contribution in [2.75, 3.05) is 44.5 Å². The zero-order chi connectivity index (χ0) is 22.4. The number of rotatable bonds is 7. The summed E-state index contributed by atoms with van der Waals surface area (Å²) in [5, 5.41) is 2.66. The molecule has 1 heterocycles. The topological polar surface area (TPSA) is 102 Å². The fourth-order valence-electron chi connectivity index (χ4n) is 2.87. The molecule has 8 nitrogen and oxygen atoms in total. The molecule has 0 aromatic heterocycles. The quantitative estimate of drug-likeness (QED) is 0.435. The Labute approximate surface area is 193 Å². The van der Waals surface area contributed by atoms with Crippen LogP contribution in [0.2, 0.25) is 0 Å². The minimum Gasteiger partial charge on any atom is -0.452 e. The van der Waals surface area contributed by atoms with Crippen molar-refractivity contribution >= 4 is 55.3 Å². The second kappa shape index (κ2) is 10.6. The molecule has 0 saturated carbocycles. The van der Waals surface area contributed by atoms with Crippen LogP contribution in [-0.2, 0) is 24.3 Å². The SMILES string of the molecule is CSc1cccc(NC(=O)COC(=O)c2ccc(Br)c(S(=O)(=O)N3CCOCC3)c2)c1. The largest absolute Gasteiger partial charge is 0.452 e. The number of halogens is 1. The van der Waals surface area contributed by atoms with Gasteiger partial charge in [-0.05, 0) is 58.6 Å². The summed E-state index contributed by atoms with van der Waals surface area (Å²) in [5.41, 5.74) is 0.627. The normalized spacial score (nSPS) is 14.8. The summed E-state index contributed by atoms with van der Waals surface area (Å²) in [6.07, 6.45) is 1.93. The summed E-state index contributed by atoms with van der Waals surface area (Å²) in [6, 6.07) is 11.4. The van der Waals surface area contributed by atoms with Crippen LogP contribution in [0.25, 0.3) is 0 Å². The van der Waals surface area contributed by atoms with Gasteiger partial charge in [-0.3, -0.25) is 4.79 Å². The van der Waals surface area contributed by atoms with Crippen molar-refractivity contribution in [3.8, 4) is 0 Å². The zero-order valence-corrected chi connectivity index (χ0v) is 19.9. The monoisotopic (exact) mass is 528 g/mol. The van der Waals surface area contributed by atoms with Crippen LogP contribution in [0.1, 0.15) is 10.4 Å². The minimum atomic E-state index is -3.81. The molecular formula is C20H21BrN2O6S2. The highest BCUT2D eigenvalue weighted by Crippen LogP contribution is 2.27. The van der Waals surface area contributed by atoms with Gasteiger partial charge in [-0.1, -0.05) is 6.07 Å². The van der Waals surface area contributed by atoms with Gasteiger partial charge in [0, 0.05) is 28.1 Å². The van der Waals surface area contributed by atoms with E-state index >= 15 is 0 Å². The molecule has 0 radical (unpaired) electrons. The number of carbonyl (C=O) groups excluding carboxylic acids is 2. The lowest BCUT2D eigenvalue weighted by atomic mass is 10.2. The third-order valence-electron chi connectivity index (χ3n) is 4.44. The molecule has 1 saturated heterocycles. The highest BCUT2D eigenvalue weighted by atomic mass is 79.9. The smallest absolute Gasteiger partial charge is 0.338 e. The number of sulfonamides is 1. The Morgan fingerprint density at radius 2 is 1.94 bits per heavy atom. The van der Waals surface area contributed by atoms with Gasteiger partial charge < -0.3 is 14.8 Å². The second-order valence-corrected chi connectivity index (χ2v) is 10.2. The number of hydrogen-bond acceptors (Lipinski definition) is 7. The third-order valence-corrected chi connectivity index (χ3v) is 8.06. The first-order valence-corrected chi connectivity index (χ1v) is 12.8. The molecule has 0 bridgehead atoms. The first kappa shape index (κ1) is 23.7. The van der Waals surface area contributed by atoms with Gasteiger partial charge in [-0.25, -0.2) is 13.2 Å². The molecule has 1 fully saturated rings. The fourth-order valence-corrected chi connectivity index (χ4v) is 5.68. The van der Waals surface area contributed by atoms with E-state index in [0.29, 0.717) is 23.4 Å². The number of nitrogens with zero attached hydrogens (tertiary/aromatic N) is 1. The molecule has 11 heteroatoms. The summed E-state index contributed by atoms with van der Waals surface area (Å²) in [7, 11) is -3.81. The predicted molar refractivity (Wildman–Crippen MR) is 121 cm³/mol. The van der Waals surface area contributed by atoms with E-state index in [1.807, 2.05) is 24.5 Å². The van der Waals surface area contributed by atoms with Crippen LogP contribution in [-0.4, -0.2) is 63.8 Å². The van der Waals surface area contributed by atoms with E-state index in [0.717, 1.165) is 4.90 Å². The highest BCUT2D eigenvalue weighted by Gasteiger charge is 2.29. The van der Waals surface area contributed by atoms with Gasteiger partial charge in [0.1, 0.15) is 0 Å². The number of esters is 1. The van der Waals surface area contributed by atoms with Gasteiger partial charge in [0.15, 0.2) is 6.61 Å². The van der Waals surface area contributed by atoms with E-state index < -0.39 is 28.5 Å². The van der Waals surface area contributed by atoms with Crippen molar-refractivity contribution < 1.29 is 27.5 Å². The van der Waals surface area contributed by atoms with Crippen LogP contribution in [0.4, 0.5) is 5.69 Å². The van der Waals surface area contributed by atoms with Crippen LogP contribution in [0.5, 0.6) is 0 Å². The molecule has 1 aliphatic rings. The van der Waals surface area contributed by atoms with Crippen molar-refractivity contribution in [3.05, 3.63) is 52.5 Å². The van der Waals surface area contributed by atoms with E-state index in [1.165, 1.54) is 22.5 Å². The van der Waals surface area contributed by atoms with E-state index in [2.05, 4.69) is 21.2 Å². The number of ether oxygens (including phenoxy) is 2. The summed E-state index contributed by atoms with van der Waals surface area (Å²) < 4.78 is 37.8. The van der Waals surface area contributed by atoms with Gasteiger partial charge in [0.05, 0.1) is 23.7 Å². The highest BCUT2D eigenvalue weighted by molar-refractivity contribution is 9.10. The maximum Gasteiger partial charge on any atom is 0.338 e. The maximum atomic E-state index is 12.9. The molecule has 2 aromatic rings. The average molecular weight is 529 g/mol. The number of amides is 1. The summed E-state index contributed by atoms with van der Waals surface area (Å²) in [4.78, 5) is 25.5. The molecule has 0 atom stereocenters. The van der Waals surface area contributed by atoms with Gasteiger partial charge >= 0.3 is 5.97 Å². The van der Waals surface area contributed by atoms with Crippen molar-refractivity contribution in [2.45, 2.75) is 9.79 Å². The molecule has 166 valence electrons. The van der Waals surface area contributed by atoms with Crippen LogP contribution in [0, 0.1) is 0 Å². The lowest BCUT2D eigenvalue weighted by Crippen LogP contribution is -2.40. The molecule has 31 heavy (non-hydrogen) atoms. The van der Waals surface area contributed by atoms with E-state index in [4.69, 9.17) is 9.47 Å². The Kier molecular flexibility index (Phi) is 8.11. The molecule has 3 rings (SSSR count). The summed E-state index contributed by atoms with van der Waals surface area (Å²) in [6.45, 7) is 0.605. The Balaban J connectivity index is 1.66. The van der Waals surface area contributed by atoms with Gasteiger partial charge in [-0.15, -0.1) is 11.8 Å². The van der Waals surface area contributed by atoms with Crippen LogP contribution >= 0.6 is 27.7 Å². The molecule has 1 amide bonds. The Bertz CT molecular complexity index is 1070. The molecule has 0 unspecified atom stereocenters. The Morgan fingerprint density at radius 3 is 2.65 bits per heavy atom. The number of nitrogens with one attached hydrogen (secondary N) is 1. The van der Waals surface area contributed by atoms with Crippen molar-refractivity contribution in [1.29, 1.82) is 0 Å². The first-order chi connectivity index (χ1) is 14.8. The number of morpholine rings is 1. The molecule has 0 aliphatic carbocycles. The number of anilines is 1. The van der Waals surface area contributed by atoms with Crippen molar-refractivity contribution in [3.63, 3.8) is 0 Å². The van der Waals surface area contributed by atoms with Crippen molar-refractivity contribution in [2.24, 2.45) is 0 Å². The van der Waals surface area contributed by atoms with Gasteiger partial charge in [0.25, 0.3) is 5.91 Å². The first-order valence-electron chi connectivity index (χ1n) is 9.30. The van der Waals surface area contributed by atoms with E-state index in [9.17, 15) is 18.0 Å². The minimum absolute atomic E-state index is 0.0345. The van der Waals surface area contributed by atoms with E-state index in [1.54, 1.807) is 17.8 Å². The maximum absolute atomic E-state index is 12.9. The molecule has 1 N–H and O–H groups in total. The Hall–Kier alpha value is -1.92. The van der Waals surface area contributed by atoms with Gasteiger partial charge in [0.2, 0.25) is 10.0 Å². The molecule has 2 aromatic carbocycles. The lowest BCUT2D eigenvalue weighted by molar-refractivity contribution is -0.119. The van der Waals surface area contributed by atoms with Crippen LogP contribution in [0.15, 0.2) is 56.7 Å². The Morgan fingerprint density at radius 1 is 1.19 bits per heavy atom. The van der Waals surface area contributed by atoms with Gasteiger partial charge in [-0.2, -0.15) is 4.31 Å². The zero-order valence-electron chi connectivity index (χ0n) is 16.7. The van der Waals surface area contributed by atoms with Crippen molar-refractivity contribution in [1.82, 2.24) is 4.31 Å². The number of thioether (sulfide) groups is 1. The standard InChI is InChI=1S/C20H21BrN2O6S2/c1-30-16-4-2-3-15(12-16)22-19(24)13-29-20(25)14-5-6-17(21)18(11-14)31(26,27)23-7-9-28-10-8-23/h2-6,11-12H,7-10,13H2,1H3,(H,22,24). The molecule has 0 spiro atoms. The summed E-state index contributed by atoms with van der Waals surface area (Å²) >= 11 is 4.78. The number of benzene rings is 2. The fraction of sp³-hybridized carbons (Fsp3) is 0.300. The number of hydrogen-bond donors (Lipinski definition) is 1. The molecular weight excluding hydrogens is 508 g/mol. The summed E-state index contributed by atoms with van der Waals surface area (Å²) in [5.74, 6) is -1.29. The second-order valence-electron chi connectivity index (χ2n) is 6.52. The predicted octanol–water partition coefficient (Wildman–Crippen LogP) is 2.99. The average Bonchev–Trinajstić information content (AvgIpc) is 2.78. The molecule has 1 aliphatic heterocycles. The van der Waals surface area contributed by atoms with E-state index in [-0.39, 0.29) is 23.5 Å².